The summed E-state index contributed by atoms with van der Waals surface area (Å²) in [5, 5.41) is 17.5. The fourth-order valence-electron chi connectivity index (χ4n) is 3.07. The summed E-state index contributed by atoms with van der Waals surface area (Å²) in [4.78, 5) is 25.1. The third kappa shape index (κ3) is 4.09. The Bertz CT molecular complexity index is 1200. The number of aromatic hydroxyl groups is 1. The highest BCUT2D eigenvalue weighted by Gasteiger charge is 2.14. The van der Waals surface area contributed by atoms with Gasteiger partial charge in [-0.3, -0.25) is 9.59 Å². The smallest absolute Gasteiger partial charge is 0.259 e. The molecule has 0 spiro atoms. The molecule has 0 unspecified atom stereocenters. The van der Waals surface area contributed by atoms with Crippen LogP contribution in [0.15, 0.2) is 91.0 Å². The van der Waals surface area contributed by atoms with Crippen LogP contribution in [0.25, 0.3) is 10.8 Å². The summed E-state index contributed by atoms with van der Waals surface area (Å²) in [6, 6.07) is 26.5. The van der Waals surface area contributed by atoms with Crippen LogP contribution in [0.2, 0.25) is 0 Å². The molecule has 0 saturated carbocycles. The van der Waals surface area contributed by atoms with Crippen LogP contribution in [0.5, 0.6) is 5.75 Å². The van der Waals surface area contributed by atoms with E-state index < -0.39 is 5.91 Å². The minimum atomic E-state index is -0.450. The van der Waals surface area contributed by atoms with Crippen molar-refractivity contribution in [2.75, 3.05) is 10.6 Å². The molecule has 0 bridgehead atoms. The number of para-hydroxylation sites is 1. The maximum absolute atomic E-state index is 12.7. The first-order chi connectivity index (χ1) is 14.1. The summed E-state index contributed by atoms with van der Waals surface area (Å²) < 4.78 is 0. The number of amides is 2. The van der Waals surface area contributed by atoms with Crippen molar-refractivity contribution in [3.63, 3.8) is 0 Å². The molecule has 2 amide bonds. The zero-order chi connectivity index (χ0) is 20.2. The zero-order valence-electron chi connectivity index (χ0n) is 15.4. The topological polar surface area (TPSA) is 78.4 Å². The molecule has 4 aromatic carbocycles. The summed E-state index contributed by atoms with van der Waals surface area (Å²) in [7, 11) is 0. The van der Waals surface area contributed by atoms with Gasteiger partial charge in [0.1, 0.15) is 5.75 Å². The SMILES string of the molecule is O=C(Nc1ccccc1)c1cccc(NC(=O)c2cc3ccccc3cc2O)c1. The Hall–Kier alpha value is -4.12. The fraction of sp³-hybridized carbons (Fsp3) is 0. The lowest BCUT2D eigenvalue weighted by Gasteiger charge is -2.10. The number of anilines is 2. The number of hydrogen-bond acceptors (Lipinski definition) is 3. The van der Waals surface area contributed by atoms with Gasteiger partial charge in [-0.05, 0) is 53.2 Å². The molecule has 0 saturated heterocycles. The molecule has 29 heavy (non-hydrogen) atoms. The molecule has 0 aliphatic heterocycles. The van der Waals surface area contributed by atoms with Crippen molar-refractivity contribution < 1.29 is 14.7 Å². The molecule has 0 heterocycles. The largest absolute Gasteiger partial charge is 0.507 e. The van der Waals surface area contributed by atoms with E-state index in [1.54, 1.807) is 48.5 Å². The van der Waals surface area contributed by atoms with Crippen molar-refractivity contribution in [1.82, 2.24) is 0 Å². The van der Waals surface area contributed by atoms with Crippen LogP contribution < -0.4 is 10.6 Å². The number of carbonyl (C=O) groups excluding carboxylic acids is 2. The van der Waals surface area contributed by atoms with Gasteiger partial charge < -0.3 is 15.7 Å². The van der Waals surface area contributed by atoms with Crippen LogP contribution in [0.3, 0.4) is 0 Å². The van der Waals surface area contributed by atoms with Crippen LogP contribution in [0, 0.1) is 0 Å². The van der Waals surface area contributed by atoms with Crippen molar-refractivity contribution >= 4 is 34.0 Å². The number of benzene rings is 4. The van der Waals surface area contributed by atoms with E-state index in [2.05, 4.69) is 10.6 Å². The second-order valence-electron chi connectivity index (χ2n) is 6.57. The van der Waals surface area contributed by atoms with Crippen LogP contribution in [-0.2, 0) is 0 Å². The number of carbonyl (C=O) groups is 2. The highest BCUT2D eigenvalue weighted by atomic mass is 16.3. The summed E-state index contributed by atoms with van der Waals surface area (Å²) in [6.45, 7) is 0. The Balaban J connectivity index is 1.54. The van der Waals surface area contributed by atoms with Gasteiger partial charge in [0.05, 0.1) is 5.56 Å². The average Bonchev–Trinajstić information content (AvgIpc) is 2.74. The van der Waals surface area contributed by atoms with Crippen molar-refractivity contribution in [2.45, 2.75) is 0 Å². The Labute approximate surface area is 167 Å². The predicted molar refractivity (Wildman–Crippen MR) is 114 cm³/mol. The summed E-state index contributed by atoms with van der Waals surface area (Å²) in [5.41, 5.74) is 1.73. The molecule has 0 aliphatic carbocycles. The van der Waals surface area contributed by atoms with Crippen molar-refractivity contribution in [3.8, 4) is 5.75 Å². The van der Waals surface area contributed by atoms with Gasteiger partial charge in [0.2, 0.25) is 0 Å². The lowest BCUT2D eigenvalue weighted by molar-refractivity contribution is 0.101. The molecule has 0 radical (unpaired) electrons. The molecule has 5 nitrogen and oxygen atoms in total. The number of hydrogen-bond donors (Lipinski definition) is 3. The monoisotopic (exact) mass is 382 g/mol. The van der Waals surface area contributed by atoms with Crippen LogP contribution in [-0.4, -0.2) is 16.9 Å². The van der Waals surface area contributed by atoms with Crippen LogP contribution in [0.4, 0.5) is 11.4 Å². The molecule has 0 atom stereocenters. The second kappa shape index (κ2) is 7.86. The van der Waals surface area contributed by atoms with Gasteiger partial charge in [0.25, 0.3) is 11.8 Å². The Morgan fingerprint density at radius 2 is 1.24 bits per heavy atom. The number of phenolic OH excluding ortho intramolecular Hbond substituents is 1. The zero-order valence-corrected chi connectivity index (χ0v) is 15.4. The summed E-state index contributed by atoms with van der Waals surface area (Å²) in [6.07, 6.45) is 0. The third-order valence-corrected chi connectivity index (χ3v) is 4.52. The van der Waals surface area contributed by atoms with Crippen molar-refractivity contribution in [3.05, 3.63) is 102 Å². The molecule has 5 heteroatoms. The van der Waals surface area contributed by atoms with Crippen LogP contribution in [0.1, 0.15) is 20.7 Å². The van der Waals surface area contributed by atoms with Gasteiger partial charge in [-0.2, -0.15) is 0 Å². The molecule has 142 valence electrons. The average molecular weight is 382 g/mol. The van der Waals surface area contributed by atoms with E-state index in [0.29, 0.717) is 16.9 Å². The summed E-state index contributed by atoms with van der Waals surface area (Å²) in [5.74, 6) is -0.825. The molecule has 4 aromatic rings. The van der Waals surface area contributed by atoms with Gasteiger partial charge in [0.15, 0.2) is 0 Å². The van der Waals surface area contributed by atoms with E-state index in [4.69, 9.17) is 0 Å². The minimum absolute atomic E-state index is 0.0980. The molecule has 0 fully saturated rings. The number of rotatable bonds is 4. The first-order valence-electron chi connectivity index (χ1n) is 9.10. The predicted octanol–water partition coefficient (Wildman–Crippen LogP) is 5.05. The first kappa shape index (κ1) is 18.3. The third-order valence-electron chi connectivity index (χ3n) is 4.52. The molecule has 0 aromatic heterocycles. The van der Waals surface area contributed by atoms with E-state index in [0.717, 1.165) is 10.8 Å². The lowest BCUT2D eigenvalue weighted by atomic mass is 10.1. The van der Waals surface area contributed by atoms with Crippen LogP contribution >= 0.6 is 0 Å². The second-order valence-corrected chi connectivity index (χ2v) is 6.57. The maximum atomic E-state index is 12.7. The normalized spacial score (nSPS) is 10.5. The van der Waals surface area contributed by atoms with Crippen molar-refractivity contribution in [2.24, 2.45) is 0 Å². The van der Waals surface area contributed by atoms with E-state index in [1.165, 1.54) is 0 Å². The van der Waals surface area contributed by atoms with Gasteiger partial charge >= 0.3 is 0 Å². The van der Waals surface area contributed by atoms with Gasteiger partial charge in [-0.25, -0.2) is 0 Å². The van der Waals surface area contributed by atoms with E-state index >= 15 is 0 Å². The van der Waals surface area contributed by atoms with E-state index in [1.807, 2.05) is 42.5 Å². The first-order valence-corrected chi connectivity index (χ1v) is 9.10. The highest BCUT2D eigenvalue weighted by molar-refractivity contribution is 6.10. The number of phenols is 1. The molecular weight excluding hydrogens is 364 g/mol. The number of fused-ring (bicyclic) bond motifs is 1. The quantitative estimate of drug-likeness (QED) is 0.462. The Morgan fingerprint density at radius 3 is 2.00 bits per heavy atom. The molecule has 4 rings (SSSR count). The molecule has 3 N–H and O–H groups in total. The Kier molecular flexibility index (Phi) is 4.95. The highest BCUT2D eigenvalue weighted by Crippen LogP contribution is 2.26. The molecule has 0 aliphatic rings. The van der Waals surface area contributed by atoms with Gasteiger partial charge in [-0.1, -0.05) is 48.5 Å². The fourth-order valence-corrected chi connectivity index (χ4v) is 3.07. The summed E-state index contributed by atoms with van der Waals surface area (Å²) >= 11 is 0. The van der Waals surface area contributed by atoms with Gasteiger partial charge in [0, 0.05) is 16.9 Å². The lowest BCUT2D eigenvalue weighted by Crippen LogP contribution is -2.14. The standard InChI is InChI=1S/C24H18N2O3/c27-22-15-17-8-5-4-7-16(17)14-21(22)24(29)26-20-12-6-9-18(13-20)23(28)25-19-10-2-1-3-11-19/h1-15,27H,(H,25,28)(H,26,29). The Morgan fingerprint density at radius 1 is 0.621 bits per heavy atom. The number of nitrogens with one attached hydrogen (secondary N) is 2. The van der Waals surface area contributed by atoms with E-state index in [9.17, 15) is 14.7 Å². The molecular formula is C24H18N2O3. The van der Waals surface area contributed by atoms with Crippen molar-refractivity contribution in [1.29, 1.82) is 0 Å². The van der Waals surface area contributed by atoms with E-state index in [-0.39, 0.29) is 17.2 Å². The minimum Gasteiger partial charge on any atom is -0.507 e. The van der Waals surface area contributed by atoms with Gasteiger partial charge in [-0.15, -0.1) is 0 Å². The maximum Gasteiger partial charge on any atom is 0.259 e.